The zero-order valence-electron chi connectivity index (χ0n) is 9.49. The minimum atomic E-state index is -0.879. The van der Waals surface area contributed by atoms with Gasteiger partial charge in [-0.2, -0.15) is 0 Å². The molecule has 0 heterocycles. The summed E-state index contributed by atoms with van der Waals surface area (Å²) in [6, 6.07) is 7.93. The molecule has 4 heteroatoms. The molecule has 1 rings (SSSR count). The van der Waals surface area contributed by atoms with Crippen LogP contribution in [0.25, 0.3) is 0 Å². The first-order valence-corrected chi connectivity index (χ1v) is 7.60. The molecule has 0 bridgehead atoms. The third kappa shape index (κ3) is 5.23. The largest absolute Gasteiger partial charge is 0.328 e. The van der Waals surface area contributed by atoms with Crippen LogP contribution in [0.3, 0.4) is 0 Å². The van der Waals surface area contributed by atoms with Crippen molar-refractivity contribution in [3.05, 3.63) is 28.7 Å². The second-order valence-electron chi connectivity index (χ2n) is 3.98. The number of halogens is 1. The maximum Gasteiger partial charge on any atom is 0.0529 e. The van der Waals surface area contributed by atoms with Gasteiger partial charge in [0.2, 0.25) is 0 Å². The van der Waals surface area contributed by atoms with E-state index >= 15 is 0 Å². The highest BCUT2D eigenvalue weighted by atomic mass is 79.9. The van der Waals surface area contributed by atoms with Crippen LogP contribution < -0.4 is 5.73 Å². The lowest BCUT2D eigenvalue weighted by molar-refractivity contribution is 0.613. The normalized spacial score (nSPS) is 14.7. The average molecular weight is 304 g/mol. The van der Waals surface area contributed by atoms with Gasteiger partial charge in [0.25, 0.3) is 0 Å². The van der Waals surface area contributed by atoms with Crippen LogP contribution in [0.15, 0.2) is 33.6 Å². The summed E-state index contributed by atoms with van der Waals surface area (Å²) in [6.45, 7) is 2.01. The van der Waals surface area contributed by atoms with E-state index in [1.54, 1.807) is 0 Å². The van der Waals surface area contributed by atoms with E-state index in [0.717, 1.165) is 34.4 Å². The fourth-order valence-corrected chi connectivity index (χ4v) is 3.17. The standard InChI is InChI=1S/C12H18BrNOS/c1-10(14)5-2-3-8-16(15)12-7-4-6-11(13)9-12/h4,6-7,9-10H,2-3,5,8,14H2,1H3. The van der Waals surface area contributed by atoms with Crippen molar-refractivity contribution >= 4 is 26.7 Å². The molecule has 1 aromatic carbocycles. The van der Waals surface area contributed by atoms with Gasteiger partial charge < -0.3 is 5.73 Å². The minimum Gasteiger partial charge on any atom is -0.328 e. The molecule has 0 aromatic heterocycles. The molecule has 90 valence electrons. The van der Waals surface area contributed by atoms with Crippen LogP contribution in [0.4, 0.5) is 0 Å². The first kappa shape index (κ1) is 13.9. The van der Waals surface area contributed by atoms with Crippen LogP contribution in [0.1, 0.15) is 26.2 Å². The molecule has 0 spiro atoms. The van der Waals surface area contributed by atoms with Gasteiger partial charge in [-0.05, 0) is 38.0 Å². The maximum absolute atomic E-state index is 11.9. The summed E-state index contributed by atoms with van der Waals surface area (Å²) in [5.74, 6) is 0.725. The molecule has 0 aliphatic rings. The number of nitrogens with two attached hydrogens (primary N) is 1. The van der Waals surface area contributed by atoms with E-state index in [1.165, 1.54) is 0 Å². The van der Waals surface area contributed by atoms with Gasteiger partial charge in [-0.3, -0.25) is 4.21 Å². The van der Waals surface area contributed by atoms with Crippen LogP contribution in [0.2, 0.25) is 0 Å². The molecule has 0 fully saturated rings. The molecule has 2 unspecified atom stereocenters. The number of hydrogen-bond acceptors (Lipinski definition) is 2. The van der Waals surface area contributed by atoms with Crippen LogP contribution in [0, 0.1) is 0 Å². The number of hydrogen-bond donors (Lipinski definition) is 1. The zero-order chi connectivity index (χ0) is 12.0. The van der Waals surface area contributed by atoms with Crippen molar-refractivity contribution in [2.45, 2.75) is 37.1 Å². The van der Waals surface area contributed by atoms with Gasteiger partial charge in [0.15, 0.2) is 0 Å². The van der Waals surface area contributed by atoms with Crippen LogP contribution in [0.5, 0.6) is 0 Å². The molecule has 0 radical (unpaired) electrons. The van der Waals surface area contributed by atoms with E-state index in [1.807, 2.05) is 31.2 Å². The van der Waals surface area contributed by atoms with Gasteiger partial charge in [-0.1, -0.05) is 28.4 Å². The van der Waals surface area contributed by atoms with Crippen LogP contribution in [-0.4, -0.2) is 16.0 Å². The summed E-state index contributed by atoms with van der Waals surface area (Å²) < 4.78 is 12.9. The second kappa shape index (κ2) is 7.20. The van der Waals surface area contributed by atoms with Crippen molar-refractivity contribution in [2.75, 3.05) is 5.75 Å². The summed E-state index contributed by atoms with van der Waals surface area (Å²) in [4.78, 5) is 0.898. The summed E-state index contributed by atoms with van der Waals surface area (Å²) in [6.07, 6.45) is 3.04. The third-order valence-corrected chi connectivity index (χ3v) is 4.23. The van der Waals surface area contributed by atoms with Crippen molar-refractivity contribution in [1.29, 1.82) is 0 Å². The van der Waals surface area contributed by atoms with Crippen LogP contribution >= 0.6 is 15.9 Å². The summed E-state index contributed by atoms with van der Waals surface area (Å²) >= 11 is 3.38. The van der Waals surface area contributed by atoms with Crippen molar-refractivity contribution < 1.29 is 4.21 Å². The quantitative estimate of drug-likeness (QED) is 0.821. The molecule has 2 N–H and O–H groups in total. The second-order valence-corrected chi connectivity index (χ2v) is 6.47. The zero-order valence-corrected chi connectivity index (χ0v) is 11.9. The Morgan fingerprint density at radius 3 is 2.81 bits per heavy atom. The smallest absolute Gasteiger partial charge is 0.0529 e. The van der Waals surface area contributed by atoms with Gasteiger partial charge in [0.1, 0.15) is 0 Å². The van der Waals surface area contributed by atoms with Crippen molar-refractivity contribution in [3.63, 3.8) is 0 Å². The van der Waals surface area contributed by atoms with E-state index in [-0.39, 0.29) is 6.04 Å². The Balaban J connectivity index is 2.35. The molecular weight excluding hydrogens is 286 g/mol. The highest BCUT2D eigenvalue weighted by molar-refractivity contribution is 9.10. The molecule has 0 saturated heterocycles. The van der Waals surface area contributed by atoms with Crippen molar-refractivity contribution in [3.8, 4) is 0 Å². The molecule has 0 saturated carbocycles. The maximum atomic E-state index is 11.9. The number of unbranched alkanes of at least 4 members (excludes halogenated alkanes) is 1. The fraction of sp³-hybridized carbons (Fsp3) is 0.500. The lowest BCUT2D eigenvalue weighted by Crippen LogP contribution is -2.14. The predicted octanol–water partition coefficient (Wildman–Crippen LogP) is 3.07. The fourth-order valence-electron chi connectivity index (χ4n) is 1.43. The molecule has 0 aliphatic carbocycles. The van der Waals surface area contributed by atoms with Gasteiger partial charge >= 0.3 is 0 Å². The van der Waals surface area contributed by atoms with Gasteiger partial charge in [-0.15, -0.1) is 0 Å². The lowest BCUT2D eigenvalue weighted by Gasteiger charge is -2.05. The molecule has 2 nitrogen and oxygen atoms in total. The van der Waals surface area contributed by atoms with Gasteiger partial charge in [-0.25, -0.2) is 0 Å². The highest BCUT2D eigenvalue weighted by Gasteiger charge is 2.04. The summed E-state index contributed by atoms with van der Waals surface area (Å²) in [5.41, 5.74) is 5.66. The number of benzene rings is 1. The third-order valence-electron chi connectivity index (χ3n) is 2.30. The molecule has 0 amide bonds. The SMILES string of the molecule is CC(N)CCCCS(=O)c1cccc(Br)c1. The van der Waals surface area contributed by atoms with Crippen LogP contribution in [-0.2, 0) is 10.8 Å². The summed E-state index contributed by atoms with van der Waals surface area (Å²) in [7, 11) is -0.879. The Morgan fingerprint density at radius 1 is 1.44 bits per heavy atom. The Labute approximate surface area is 108 Å². The van der Waals surface area contributed by atoms with E-state index < -0.39 is 10.8 Å². The van der Waals surface area contributed by atoms with Crippen molar-refractivity contribution in [2.24, 2.45) is 5.73 Å². The topological polar surface area (TPSA) is 43.1 Å². The average Bonchev–Trinajstić information content (AvgIpc) is 2.24. The number of rotatable bonds is 6. The van der Waals surface area contributed by atoms with E-state index in [4.69, 9.17) is 5.73 Å². The molecular formula is C12H18BrNOS. The molecule has 0 aliphatic heterocycles. The predicted molar refractivity (Wildman–Crippen MR) is 72.9 cm³/mol. The molecule has 2 atom stereocenters. The Kier molecular flexibility index (Phi) is 6.24. The molecule has 1 aromatic rings. The van der Waals surface area contributed by atoms with E-state index in [2.05, 4.69) is 15.9 Å². The first-order chi connectivity index (χ1) is 7.59. The first-order valence-electron chi connectivity index (χ1n) is 5.49. The molecule has 16 heavy (non-hydrogen) atoms. The summed E-state index contributed by atoms with van der Waals surface area (Å²) in [5, 5.41) is 0. The minimum absolute atomic E-state index is 0.249. The Morgan fingerprint density at radius 2 is 2.19 bits per heavy atom. The Bertz CT molecular complexity index is 355. The Hall–Kier alpha value is -0.190. The van der Waals surface area contributed by atoms with E-state index in [0.29, 0.717) is 0 Å². The van der Waals surface area contributed by atoms with Gasteiger partial charge in [0, 0.05) is 21.2 Å². The van der Waals surface area contributed by atoms with Gasteiger partial charge in [0.05, 0.1) is 10.8 Å². The highest BCUT2D eigenvalue weighted by Crippen LogP contribution is 2.15. The van der Waals surface area contributed by atoms with Crippen molar-refractivity contribution in [1.82, 2.24) is 0 Å². The lowest BCUT2D eigenvalue weighted by atomic mass is 10.2. The monoisotopic (exact) mass is 303 g/mol. The van der Waals surface area contributed by atoms with E-state index in [9.17, 15) is 4.21 Å².